The van der Waals surface area contributed by atoms with Gasteiger partial charge in [0.1, 0.15) is 22.6 Å². The number of ketones is 1. The van der Waals surface area contributed by atoms with Crippen LogP contribution in [0.25, 0.3) is 55.3 Å². The number of carbonyl (C=O) groups excluding carboxylic acids is 1. The van der Waals surface area contributed by atoms with Crippen molar-refractivity contribution in [2.75, 3.05) is 19.0 Å². The van der Waals surface area contributed by atoms with E-state index in [1.165, 1.54) is 18.3 Å². The molecule has 178 valence electrons. The Balaban J connectivity index is 1.50. The summed E-state index contributed by atoms with van der Waals surface area (Å²) in [6.07, 6.45) is 6.51. The SMILES string of the molecule is CC(=O)c1ccc(-c2nccc3[nH]c(-c4n[nH]c5cnc(-c6cncc(N(C)C)c6)c(F)c45)nc23)s1. The molecule has 0 fully saturated rings. The molecule has 2 N–H and O–H groups in total. The molecule has 6 rings (SSSR count). The smallest absolute Gasteiger partial charge is 0.169 e. The van der Waals surface area contributed by atoms with Crippen molar-refractivity contribution in [2.45, 2.75) is 6.92 Å². The van der Waals surface area contributed by atoms with Crippen molar-refractivity contribution < 1.29 is 9.18 Å². The van der Waals surface area contributed by atoms with E-state index in [0.717, 1.165) is 16.1 Å². The molecule has 9 nitrogen and oxygen atoms in total. The fourth-order valence-electron chi connectivity index (χ4n) is 4.03. The molecule has 0 bridgehead atoms. The summed E-state index contributed by atoms with van der Waals surface area (Å²) in [6.45, 7) is 1.53. The van der Waals surface area contributed by atoms with E-state index in [9.17, 15) is 4.79 Å². The van der Waals surface area contributed by atoms with Crippen LogP contribution >= 0.6 is 11.3 Å². The van der Waals surface area contributed by atoms with Gasteiger partial charge in [-0.2, -0.15) is 5.10 Å². The van der Waals surface area contributed by atoms with Crippen LogP contribution in [0.3, 0.4) is 0 Å². The number of nitrogens with zero attached hydrogens (tertiary/aromatic N) is 6. The Morgan fingerprint density at radius 2 is 1.89 bits per heavy atom. The molecule has 6 aromatic heterocycles. The lowest BCUT2D eigenvalue weighted by Gasteiger charge is -2.13. The van der Waals surface area contributed by atoms with E-state index in [1.807, 2.05) is 31.1 Å². The van der Waals surface area contributed by atoms with Crippen molar-refractivity contribution >= 4 is 44.7 Å². The minimum Gasteiger partial charge on any atom is -0.376 e. The molecule has 0 radical (unpaired) electrons. The van der Waals surface area contributed by atoms with Crippen LogP contribution in [-0.2, 0) is 0 Å². The number of aromatic nitrogens is 7. The molecule has 0 aromatic carbocycles. The number of carbonyl (C=O) groups is 1. The van der Waals surface area contributed by atoms with E-state index >= 15 is 4.39 Å². The van der Waals surface area contributed by atoms with E-state index in [4.69, 9.17) is 4.98 Å². The van der Waals surface area contributed by atoms with E-state index in [0.29, 0.717) is 38.7 Å². The molecule has 0 saturated carbocycles. The van der Waals surface area contributed by atoms with Gasteiger partial charge in [0.2, 0.25) is 0 Å². The Kier molecular flexibility index (Phi) is 5.07. The highest BCUT2D eigenvalue weighted by molar-refractivity contribution is 7.17. The molecule has 6 heterocycles. The zero-order valence-electron chi connectivity index (χ0n) is 19.5. The van der Waals surface area contributed by atoms with E-state index in [2.05, 4.69) is 30.1 Å². The maximum atomic E-state index is 15.9. The van der Waals surface area contributed by atoms with Crippen LogP contribution in [-0.4, -0.2) is 55.0 Å². The molecule has 36 heavy (non-hydrogen) atoms. The van der Waals surface area contributed by atoms with Crippen LogP contribution < -0.4 is 4.90 Å². The number of fused-ring (bicyclic) bond motifs is 2. The number of thiophene rings is 1. The molecular weight excluding hydrogens is 479 g/mol. The average Bonchev–Trinajstić information content (AvgIpc) is 3.61. The Morgan fingerprint density at radius 1 is 1.03 bits per heavy atom. The zero-order chi connectivity index (χ0) is 25.0. The molecule has 0 aliphatic rings. The quantitative estimate of drug-likeness (QED) is 0.318. The molecule has 0 unspecified atom stereocenters. The third-order valence-corrected chi connectivity index (χ3v) is 7.06. The first-order valence-electron chi connectivity index (χ1n) is 11.0. The van der Waals surface area contributed by atoms with Gasteiger partial charge in [0.05, 0.1) is 44.3 Å². The number of hydrogen-bond acceptors (Lipinski definition) is 8. The zero-order valence-corrected chi connectivity index (χ0v) is 20.3. The molecule has 0 aliphatic heterocycles. The Bertz CT molecular complexity index is 1780. The number of halogens is 1. The number of Topliss-reactive ketones (excluding diaryl/α,β-unsaturated/α-hetero) is 1. The fraction of sp³-hybridized carbons (Fsp3) is 0.120. The molecule has 11 heteroatoms. The van der Waals surface area contributed by atoms with Crippen molar-refractivity contribution in [3.63, 3.8) is 0 Å². The van der Waals surface area contributed by atoms with Gasteiger partial charge in [-0.1, -0.05) is 0 Å². The maximum Gasteiger partial charge on any atom is 0.169 e. The lowest BCUT2D eigenvalue weighted by atomic mass is 10.1. The highest BCUT2D eigenvalue weighted by Crippen LogP contribution is 2.35. The Hall–Kier alpha value is -4.51. The number of rotatable bonds is 5. The topological polar surface area (TPSA) is 116 Å². The molecule has 6 aromatic rings. The summed E-state index contributed by atoms with van der Waals surface area (Å²) < 4.78 is 15.9. The summed E-state index contributed by atoms with van der Waals surface area (Å²) >= 11 is 1.36. The van der Waals surface area contributed by atoms with Gasteiger partial charge in [-0.25, -0.2) is 9.37 Å². The van der Waals surface area contributed by atoms with Gasteiger partial charge in [-0.05, 0) is 31.2 Å². The predicted octanol–water partition coefficient (Wildman–Crippen LogP) is 5.09. The van der Waals surface area contributed by atoms with Crippen molar-refractivity contribution in [1.29, 1.82) is 0 Å². The first kappa shape index (κ1) is 22.0. The molecule has 0 saturated heterocycles. The summed E-state index contributed by atoms with van der Waals surface area (Å²) in [5.74, 6) is -0.127. The average molecular weight is 499 g/mol. The van der Waals surface area contributed by atoms with Crippen LogP contribution in [0.15, 0.2) is 49.1 Å². The second-order valence-electron chi connectivity index (χ2n) is 8.47. The largest absolute Gasteiger partial charge is 0.376 e. The normalized spacial score (nSPS) is 11.4. The lowest BCUT2D eigenvalue weighted by Crippen LogP contribution is -2.09. The molecule has 0 atom stereocenters. The first-order valence-corrected chi connectivity index (χ1v) is 11.8. The highest BCUT2D eigenvalue weighted by Gasteiger charge is 2.22. The summed E-state index contributed by atoms with van der Waals surface area (Å²) in [5.41, 5.74) is 4.33. The standard InChI is InChI=1S/C25H19FN8OS/c1-12(35)17-4-5-18(36-17)23-22-15(6-7-28-23)30-25(31-22)24-19-16(32-33-24)11-29-21(20(19)26)13-8-14(34(2)3)10-27-9-13/h4-11H,1-3H3,(H,30,31)(H,32,33). The van der Waals surface area contributed by atoms with Crippen LogP contribution in [0.4, 0.5) is 10.1 Å². The second kappa shape index (κ2) is 8.31. The van der Waals surface area contributed by atoms with E-state index in [1.54, 1.807) is 36.9 Å². The van der Waals surface area contributed by atoms with Crippen LogP contribution in [0, 0.1) is 5.82 Å². The molecular formula is C25H19FN8OS. The number of hydrogen-bond donors (Lipinski definition) is 2. The van der Waals surface area contributed by atoms with Crippen molar-refractivity contribution in [3.05, 3.63) is 59.7 Å². The van der Waals surface area contributed by atoms with E-state index in [-0.39, 0.29) is 16.9 Å². The van der Waals surface area contributed by atoms with Gasteiger partial charge < -0.3 is 9.88 Å². The second-order valence-corrected chi connectivity index (χ2v) is 9.55. The Morgan fingerprint density at radius 3 is 2.67 bits per heavy atom. The molecule has 0 amide bonds. The lowest BCUT2D eigenvalue weighted by molar-refractivity contribution is 0.102. The Labute approximate surface area is 208 Å². The van der Waals surface area contributed by atoms with Crippen molar-refractivity contribution in [2.24, 2.45) is 0 Å². The minimum atomic E-state index is -0.517. The fourth-order valence-corrected chi connectivity index (χ4v) is 4.93. The summed E-state index contributed by atoms with van der Waals surface area (Å²) in [7, 11) is 3.79. The third kappa shape index (κ3) is 3.52. The summed E-state index contributed by atoms with van der Waals surface area (Å²) in [4.78, 5) is 36.1. The van der Waals surface area contributed by atoms with Gasteiger partial charge in [-0.15, -0.1) is 11.3 Å². The van der Waals surface area contributed by atoms with Gasteiger partial charge in [0.25, 0.3) is 0 Å². The number of nitrogens with one attached hydrogen (secondary N) is 2. The van der Waals surface area contributed by atoms with Crippen LogP contribution in [0.1, 0.15) is 16.6 Å². The minimum absolute atomic E-state index is 0.00431. The van der Waals surface area contributed by atoms with Crippen molar-refractivity contribution in [1.82, 2.24) is 35.1 Å². The highest BCUT2D eigenvalue weighted by atomic mass is 32.1. The van der Waals surface area contributed by atoms with Gasteiger partial charge >= 0.3 is 0 Å². The summed E-state index contributed by atoms with van der Waals surface area (Å²) in [6, 6.07) is 7.27. The number of H-pyrrole nitrogens is 2. The van der Waals surface area contributed by atoms with E-state index < -0.39 is 5.82 Å². The number of pyridine rings is 3. The predicted molar refractivity (Wildman–Crippen MR) is 138 cm³/mol. The summed E-state index contributed by atoms with van der Waals surface area (Å²) in [5, 5.41) is 7.48. The number of aromatic amines is 2. The number of anilines is 1. The van der Waals surface area contributed by atoms with Crippen LogP contribution in [0.5, 0.6) is 0 Å². The van der Waals surface area contributed by atoms with Gasteiger partial charge in [0, 0.05) is 32.1 Å². The molecule has 0 aliphatic carbocycles. The monoisotopic (exact) mass is 498 g/mol. The maximum absolute atomic E-state index is 15.9. The third-order valence-electron chi connectivity index (χ3n) is 5.87. The van der Waals surface area contributed by atoms with Gasteiger partial charge in [-0.3, -0.25) is 24.8 Å². The van der Waals surface area contributed by atoms with Crippen LogP contribution in [0.2, 0.25) is 0 Å². The van der Waals surface area contributed by atoms with Gasteiger partial charge in [0.15, 0.2) is 17.4 Å². The molecule has 0 spiro atoms. The van der Waals surface area contributed by atoms with Crippen molar-refractivity contribution in [3.8, 4) is 33.3 Å². The number of imidazole rings is 1. The first-order chi connectivity index (χ1) is 17.4.